The highest BCUT2D eigenvalue weighted by atomic mass is 32.2. The van der Waals surface area contributed by atoms with Gasteiger partial charge in [-0.2, -0.15) is 4.98 Å². The minimum Gasteiger partial charge on any atom is -0.494 e. The van der Waals surface area contributed by atoms with Crippen molar-refractivity contribution in [3.05, 3.63) is 42.2 Å². The molecule has 0 bridgehead atoms. The van der Waals surface area contributed by atoms with Crippen molar-refractivity contribution in [1.29, 1.82) is 0 Å². The van der Waals surface area contributed by atoms with E-state index >= 15 is 0 Å². The van der Waals surface area contributed by atoms with Gasteiger partial charge in [0, 0.05) is 13.1 Å². The number of anilines is 2. The number of unbranched alkanes of at least 4 members (excludes halogenated alkanes) is 3. The van der Waals surface area contributed by atoms with E-state index in [2.05, 4.69) is 20.3 Å². The molecule has 1 atom stereocenters. The number of sulfone groups is 1. The molecule has 1 aromatic carbocycles. The van der Waals surface area contributed by atoms with Crippen molar-refractivity contribution in [3.63, 3.8) is 0 Å². The lowest BCUT2D eigenvalue weighted by molar-refractivity contribution is -0.139. The molecule has 216 valence electrons. The van der Waals surface area contributed by atoms with Gasteiger partial charge in [0.1, 0.15) is 29.2 Å². The highest BCUT2D eigenvalue weighted by Crippen LogP contribution is 2.33. The number of hydrogen-bond acceptors (Lipinski definition) is 11. The maximum absolute atomic E-state index is 11.9. The number of nitrogens with zero attached hydrogens (tertiary/aromatic N) is 4. The number of carbonyl (C=O) groups is 1. The third-order valence-corrected chi connectivity index (χ3v) is 8.26. The second-order valence-electron chi connectivity index (χ2n) is 9.72. The van der Waals surface area contributed by atoms with Crippen molar-refractivity contribution in [2.75, 3.05) is 54.6 Å². The van der Waals surface area contributed by atoms with Crippen molar-refractivity contribution in [2.24, 2.45) is 5.73 Å². The van der Waals surface area contributed by atoms with Gasteiger partial charge >= 0.3 is 5.97 Å². The second-order valence-corrected chi connectivity index (χ2v) is 12.0. The monoisotopic (exact) mass is 572 g/mol. The Balaban J connectivity index is 1.56. The zero-order chi connectivity index (χ0) is 28.5. The molecule has 3 aromatic rings. The lowest BCUT2D eigenvalue weighted by Gasteiger charge is -2.28. The summed E-state index contributed by atoms with van der Waals surface area (Å²) in [5.74, 6) is 0.682. The molecule has 0 spiro atoms. The predicted octanol–water partition coefficient (Wildman–Crippen LogP) is 2.79. The number of aliphatic carboxylic acids is 1. The molecule has 1 aliphatic rings. The van der Waals surface area contributed by atoms with Crippen LogP contribution in [0, 0.1) is 0 Å². The van der Waals surface area contributed by atoms with Crippen molar-refractivity contribution >= 4 is 38.3 Å². The van der Waals surface area contributed by atoms with Crippen LogP contribution in [0.2, 0.25) is 0 Å². The molecule has 40 heavy (non-hydrogen) atoms. The molecule has 1 saturated heterocycles. The van der Waals surface area contributed by atoms with Crippen LogP contribution in [0.5, 0.6) is 11.6 Å². The van der Waals surface area contributed by atoms with Crippen LogP contribution in [0.15, 0.2) is 36.7 Å². The van der Waals surface area contributed by atoms with E-state index in [9.17, 15) is 13.2 Å². The van der Waals surface area contributed by atoms with Crippen LogP contribution in [0.1, 0.15) is 44.2 Å². The average molecular weight is 573 g/mol. The van der Waals surface area contributed by atoms with E-state index in [1.165, 1.54) is 6.33 Å². The number of nitrogens with one attached hydrogen (secondary N) is 1. The number of fused-ring (bicyclic) bond motifs is 1. The van der Waals surface area contributed by atoms with Gasteiger partial charge in [-0.05, 0) is 50.1 Å². The molecule has 2 aromatic heterocycles. The number of nitrogens with two attached hydrogens (primary N) is 1. The Morgan fingerprint density at radius 1 is 1.12 bits per heavy atom. The summed E-state index contributed by atoms with van der Waals surface area (Å²) in [6.45, 7) is 3.30. The number of aromatic nitrogens is 3. The van der Waals surface area contributed by atoms with Gasteiger partial charge in [-0.15, -0.1) is 0 Å². The quantitative estimate of drug-likeness (QED) is 0.242. The molecule has 3 heterocycles. The summed E-state index contributed by atoms with van der Waals surface area (Å²) in [7, 11) is -3.10. The number of benzene rings is 1. The zero-order valence-electron chi connectivity index (χ0n) is 22.6. The summed E-state index contributed by atoms with van der Waals surface area (Å²) in [5.41, 5.74) is 6.89. The number of hydrogen-bond donors (Lipinski definition) is 3. The average Bonchev–Trinajstić information content (AvgIpc) is 2.94. The van der Waals surface area contributed by atoms with E-state index in [1.54, 1.807) is 6.07 Å². The lowest BCUT2D eigenvalue weighted by Crippen LogP contribution is -2.40. The predicted molar refractivity (Wildman–Crippen MR) is 153 cm³/mol. The molecule has 13 heteroatoms. The maximum atomic E-state index is 11.9. The third kappa shape index (κ3) is 7.92. The first-order valence-electron chi connectivity index (χ1n) is 13.4. The van der Waals surface area contributed by atoms with Gasteiger partial charge < -0.3 is 30.5 Å². The minimum atomic E-state index is -3.10. The Bertz CT molecular complexity index is 1410. The van der Waals surface area contributed by atoms with Crippen LogP contribution in [0.4, 0.5) is 11.6 Å². The largest absolute Gasteiger partial charge is 0.494 e. The third-order valence-electron chi connectivity index (χ3n) is 6.66. The van der Waals surface area contributed by atoms with Gasteiger partial charge in [0.25, 0.3) is 0 Å². The summed E-state index contributed by atoms with van der Waals surface area (Å²) >= 11 is 0. The van der Waals surface area contributed by atoms with E-state index in [0.717, 1.165) is 37.0 Å². The fraction of sp³-hybridized carbons (Fsp3) is 0.481. The molecule has 0 unspecified atom stereocenters. The van der Waals surface area contributed by atoms with E-state index in [-0.39, 0.29) is 36.5 Å². The zero-order valence-corrected chi connectivity index (χ0v) is 23.4. The Hall–Kier alpha value is -3.71. The van der Waals surface area contributed by atoms with Gasteiger partial charge in [0.2, 0.25) is 5.88 Å². The van der Waals surface area contributed by atoms with Crippen molar-refractivity contribution in [2.45, 2.75) is 38.6 Å². The van der Waals surface area contributed by atoms with Crippen LogP contribution in [0.3, 0.4) is 0 Å². The van der Waals surface area contributed by atoms with Crippen LogP contribution in [-0.2, 0) is 14.6 Å². The molecule has 0 saturated carbocycles. The Morgan fingerprint density at radius 3 is 2.65 bits per heavy atom. The number of carboxylic acid groups (broad SMARTS) is 1. The van der Waals surface area contributed by atoms with Crippen LogP contribution < -0.4 is 25.4 Å². The molecular weight excluding hydrogens is 536 g/mol. The first-order chi connectivity index (χ1) is 19.3. The molecule has 0 radical (unpaired) electrons. The first-order valence-corrected chi connectivity index (χ1v) is 15.2. The Morgan fingerprint density at radius 2 is 1.90 bits per heavy atom. The van der Waals surface area contributed by atoms with E-state index in [0.29, 0.717) is 35.7 Å². The van der Waals surface area contributed by atoms with Gasteiger partial charge in [-0.25, -0.2) is 23.2 Å². The van der Waals surface area contributed by atoms with Gasteiger partial charge in [-0.3, -0.25) is 0 Å². The Labute approximate surface area is 233 Å². The van der Waals surface area contributed by atoms with Gasteiger partial charge in [-0.1, -0.05) is 25.0 Å². The number of pyridine rings is 1. The highest BCUT2D eigenvalue weighted by molar-refractivity contribution is 7.91. The summed E-state index contributed by atoms with van der Waals surface area (Å²) < 4.78 is 35.3. The molecular formula is C27H36N6O6S. The topological polar surface area (TPSA) is 170 Å². The molecule has 4 N–H and O–H groups in total. The van der Waals surface area contributed by atoms with Gasteiger partial charge in [0.05, 0.1) is 29.5 Å². The molecule has 0 aliphatic carbocycles. The summed E-state index contributed by atoms with van der Waals surface area (Å²) in [6, 6.07) is 9.48. The molecule has 4 rings (SSSR count). The molecule has 12 nitrogen and oxygen atoms in total. The van der Waals surface area contributed by atoms with Crippen molar-refractivity contribution in [3.8, 4) is 11.6 Å². The normalized spacial score (nSPS) is 15.5. The van der Waals surface area contributed by atoms with Gasteiger partial charge in [0.15, 0.2) is 16.4 Å². The standard InChI is InChI=1S/C27H36N6O6S/c1-19(20-7-6-8-21(15-20)38-12-5-3-2-4-9-28)31-26-22-16-23(33-10-13-40(36,37)14-11-33)32-27(39-17-24(34)35)25(22)29-18-30-26/h6-8,15-16,18-19H,2-5,9-14,17,28H2,1H3,(H,34,35)(H,29,30,31)/t19-/m1/s1. The number of ether oxygens (including phenoxy) is 2. The molecule has 1 fully saturated rings. The van der Waals surface area contributed by atoms with Crippen LogP contribution in [-0.4, -0.2) is 78.8 Å². The first kappa shape index (κ1) is 29.3. The highest BCUT2D eigenvalue weighted by Gasteiger charge is 2.25. The SMILES string of the molecule is C[C@@H](Nc1ncnc2c(OCC(=O)O)nc(N3CCS(=O)(=O)CC3)cc12)c1cccc(OCCCCCCN)c1. The van der Waals surface area contributed by atoms with E-state index in [1.807, 2.05) is 36.1 Å². The van der Waals surface area contributed by atoms with Crippen LogP contribution in [0.25, 0.3) is 10.9 Å². The maximum Gasteiger partial charge on any atom is 0.341 e. The fourth-order valence-corrected chi connectivity index (χ4v) is 5.62. The van der Waals surface area contributed by atoms with E-state index in [4.69, 9.17) is 20.3 Å². The molecule has 1 aliphatic heterocycles. The summed E-state index contributed by atoms with van der Waals surface area (Å²) in [4.78, 5) is 26.3. The summed E-state index contributed by atoms with van der Waals surface area (Å²) in [5, 5.41) is 13.2. The number of carboxylic acids is 1. The van der Waals surface area contributed by atoms with Crippen LogP contribution >= 0.6 is 0 Å². The van der Waals surface area contributed by atoms with Crippen molar-refractivity contribution < 1.29 is 27.8 Å². The second kappa shape index (κ2) is 13.6. The minimum absolute atomic E-state index is 0.0115. The smallest absolute Gasteiger partial charge is 0.341 e. The van der Waals surface area contributed by atoms with Crippen molar-refractivity contribution in [1.82, 2.24) is 15.0 Å². The lowest BCUT2D eigenvalue weighted by atomic mass is 10.1. The Kier molecular flexibility index (Phi) is 9.93. The van der Waals surface area contributed by atoms with E-state index < -0.39 is 22.4 Å². The summed E-state index contributed by atoms with van der Waals surface area (Å²) in [6.07, 6.45) is 5.55. The molecule has 0 amide bonds. The fourth-order valence-electron chi connectivity index (χ4n) is 4.42. The number of rotatable bonds is 14.